The molecular weight excluding hydrogens is 226 g/mol. The maximum Gasteiger partial charge on any atom is 0.197 e. The van der Waals surface area contributed by atoms with Crippen molar-refractivity contribution in [2.45, 2.75) is 32.9 Å². The summed E-state index contributed by atoms with van der Waals surface area (Å²) < 4.78 is 0. The maximum absolute atomic E-state index is 4.27. The van der Waals surface area contributed by atoms with Gasteiger partial charge in [0.05, 0.1) is 0 Å². The third kappa shape index (κ3) is 3.56. The Morgan fingerprint density at radius 2 is 1.50 bits per heavy atom. The van der Waals surface area contributed by atoms with Crippen LogP contribution in [0.4, 0.5) is 0 Å². The molecule has 94 valence electrons. The summed E-state index contributed by atoms with van der Waals surface area (Å²) in [6, 6.07) is 1.77. The SMILES string of the molecule is CC(C)(C)NCc1cnc(-c2ncccn2)nc1. The van der Waals surface area contributed by atoms with E-state index in [2.05, 4.69) is 46.0 Å². The molecule has 0 atom stereocenters. The molecule has 18 heavy (non-hydrogen) atoms. The lowest BCUT2D eigenvalue weighted by Gasteiger charge is -2.20. The molecule has 0 saturated heterocycles. The van der Waals surface area contributed by atoms with Crippen molar-refractivity contribution in [3.63, 3.8) is 0 Å². The number of nitrogens with one attached hydrogen (secondary N) is 1. The Morgan fingerprint density at radius 1 is 0.944 bits per heavy atom. The molecule has 0 saturated carbocycles. The lowest BCUT2D eigenvalue weighted by Crippen LogP contribution is -2.35. The lowest BCUT2D eigenvalue weighted by atomic mass is 10.1. The molecule has 0 aliphatic heterocycles. The van der Waals surface area contributed by atoms with Crippen LogP contribution in [0.1, 0.15) is 26.3 Å². The average molecular weight is 243 g/mol. The van der Waals surface area contributed by atoms with Crippen LogP contribution < -0.4 is 5.32 Å². The van der Waals surface area contributed by atoms with Gasteiger partial charge in [0.15, 0.2) is 11.6 Å². The molecule has 0 aromatic carbocycles. The van der Waals surface area contributed by atoms with Crippen LogP contribution in [0.15, 0.2) is 30.9 Å². The van der Waals surface area contributed by atoms with Crippen LogP contribution in [0.25, 0.3) is 11.6 Å². The van der Waals surface area contributed by atoms with Crippen LogP contribution in [0, 0.1) is 0 Å². The average Bonchev–Trinajstić information content (AvgIpc) is 2.37. The van der Waals surface area contributed by atoms with Crippen LogP contribution in [0.2, 0.25) is 0 Å². The van der Waals surface area contributed by atoms with Crippen molar-refractivity contribution in [3.8, 4) is 11.6 Å². The third-order valence-corrected chi connectivity index (χ3v) is 2.29. The summed E-state index contributed by atoms with van der Waals surface area (Å²) >= 11 is 0. The fourth-order valence-electron chi connectivity index (χ4n) is 1.34. The molecule has 0 bridgehead atoms. The van der Waals surface area contributed by atoms with Crippen molar-refractivity contribution >= 4 is 0 Å². The van der Waals surface area contributed by atoms with Crippen molar-refractivity contribution < 1.29 is 0 Å². The summed E-state index contributed by atoms with van der Waals surface area (Å²) in [7, 11) is 0. The fourth-order valence-corrected chi connectivity index (χ4v) is 1.34. The summed E-state index contributed by atoms with van der Waals surface area (Å²) in [5.74, 6) is 1.10. The molecule has 2 aromatic heterocycles. The highest BCUT2D eigenvalue weighted by Gasteiger charge is 2.09. The summed E-state index contributed by atoms with van der Waals surface area (Å²) in [6.07, 6.45) is 6.97. The highest BCUT2D eigenvalue weighted by Crippen LogP contribution is 2.08. The van der Waals surface area contributed by atoms with Gasteiger partial charge in [-0.2, -0.15) is 0 Å². The molecule has 0 aliphatic rings. The third-order valence-electron chi connectivity index (χ3n) is 2.29. The van der Waals surface area contributed by atoms with Crippen LogP contribution >= 0.6 is 0 Å². The molecule has 0 radical (unpaired) electrons. The van der Waals surface area contributed by atoms with Gasteiger partial charge in [0.25, 0.3) is 0 Å². The minimum atomic E-state index is 0.0845. The number of aromatic nitrogens is 4. The Labute approximate surface area is 107 Å². The van der Waals surface area contributed by atoms with Gasteiger partial charge in [-0.15, -0.1) is 0 Å². The van der Waals surface area contributed by atoms with Gasteiger partial charge in [-0.1, -0.05) is 0 Å². The smallest absolute Gasteiger partial charge is 0.197 e. The maximum atomic E-state index is 4.27. The molecule has 0 amide bonds. The highest BCUT2D eigenvalue weighted by molar-refractivity contribution is 5.41. The van der Waals surface area contributed by atoms with E-state index >= 15 is 0 Å². The summed E-state index contributed by atoms with van der Waals surface area (Å²) in [5, 5.41) is 3.39. The zero-order valence-electron chi connectivity index (χ0n) is 10.9. The predicted molar refractivity (Wildman–Crippen MR) is 69.7 cm³/mol. The van der Waals surface area contributed by atoms with Crippen molar-refractivity contribution in [3.05, 3.63) is 36.4 Å². The van der Waals surface area contributed by atoms with Crippen molar-refractivity contribution in [1.29, 1.82) is 0 Å². The molecule has 2 rings (SSSR count). The highest BCUT2D eigenvalue weighted by atomic mass is 15.0. The van der Waals surface area contributed by atoms with Gasteiger partial charge in [0.2, 0.25) is 0 Å². The topological polar surface area (TPSA) is 63.6 Å². The van der Waals surface area contributed by atoms with E-state index in [4.69, 9.17) is 0 Å². The Balaban J connectivity index is 2.07. The molecular formula is C13H17N5. The lowest BCUT2D eigenvalue weighted by molar-refractivity contribution is 0.423. The molecule has 0 fully saturated rings. The normalized spacial score (nSPS) is 11.5. The molecule has 2 heterocycles. The number of hydrogen-bond acceptors (Lipinski definition) is 5. The zero-order valence-corrected chi connectivity index (χ0v) is 10.9. The predicted octanol–water partition coefficient (Wildman–Crippen LogP) is 1.82. The molecule has 1 N–H and O–H groups in total. The second kappa shape index (κ2) is 5.18. The van der Waals surface area contributed by atoms with E-state index in [1.54, 1.807) is 30.9 Å². The van der Waals surface area contributed by atoms with E-state index in [1.165, 1.54) is 0 Å². The molecule has 0 aliphatic carbocycles. The van der Waals surface area contributed by atoms with Crippen LogP contribution in [-0.2, 0) is 6.54 Å². The first kappa shape index (κ1) is 12.6. The minimum Gasteiger partial charge on any atom is -0.308 e. The largest absolute Gasteiger partial charge is 0.308 e. The van der Waals surface area contributed by atoms with Crippen molar-refractivity contribution in [2.24, 2.45) is 0 Å². The minimum absolute atomic E-state index is 0.0845. The van der Waals surface area contributed by atoms with Gasteiger partial charge >= 0.3 is 0 Å². The number of hydrogen-bond donors (Lipinski definition) is 1. The molecule has 5 heteroatoms. The molecule has 0 spiro atoms. The molecule has 5 nitrogen and oxygen atoms in total. The van der Waals surface area contributed by atoms with Gasteiger partial charge in [0, 0.05) is 42.4 Å². The van der Waals surface area contributed by atoms with Crippen LogP contribution in [0.5, 0.6) is 0 Å². The van der Waals surface area contributed by atoms with Crippen LogP contribution in [0.3, 0.4) is 0 Å². The first-order valence-electron chi connectivity index (χ1n) is 5.88. The Hall–Kier alpha value is -1.88. The number of rotatable bonds is 3. The fraction of sp³-hybridized carbons (Fsp3) is 0.385. The van der Waals surface area contributed by atoms with Crippen molar-refractivity contribution in [1.82, 2.24) is 25.3 Å². The van der Waals surface area contributed by atoms with Gasteiger partial charge in [-0.05, 0) is 26.8 Å². The standard InChI is InChI=1S/C13H17N5/c1-13(2,3)18-9-10-7-16-12(17-8-10)11-14-5-4-6-15-11/h4-8,18H,9H2,1-3H3. The first-order chi connectivity index (χ1) is 8.54. The van der Waals surface area contributed by atoms with Gasteiger partial charge in [-0.3, -0.25) is 0 Å². The van der Waals surface area contributed by atoms with Gasteiger partial charge in [0.1, 0.15) is 0 Å². The second-order valence-electron chi connectivity index (χ2n) is 5.09. The second-order valence-corrected chi connectivity index (χ2v) is 5.09. The van der Waals surface area contributed by atoms with Crippen LogP contribution in [-0.4, -0.2) is 25.5 Å². The van der Waals surface area contributed by atoms with E-state index in [9.17, 15) is 0 Å². The Bertz CT molecular complexity index is 487. The van der Waals surface area contributed by atoms with E-state index in [0.717, 1.165) is 12.1 Å². The monoisotopic (exact) mass is 243 g/mol. The van der Waals surface area contributed by atoms with E-state index in [0.29, 0.717) is 11.6 Å². The van der Waals surface area contributed by atoms with E-state index in [-0.39, 0.29) is 5.54 Å². The summed E-state index contributed by atoms with van der Waals surface area (Å²) in [4.78, 5) is 16.8. The quantitative estimate of drug-likeness (QED) is 0.891. The molecule has 0 unspecified atom stereocenters. The Kier molecular flexibility index (Phi) is 3.62. The zero-order chi connectivity index (χ0) is 13.0. The summed E-state index contributed by atoms with van der Waals surface area (Å²) in [5.41, 5.74) is 1.13. The van der Waals surface area contributed by atoms with Gasteiger partial charge in [-0.25, -0.2) is 19.9 Å². The summed E-state index contributed by atoms with van der Waals surface area (Å²) in [6.45, 7) is 7.12. The van der Waals surface area contributed by atoms with E-state index < -0.39 is 0 Å². The van der Waals surface area contributed by atoms with Crippen molar-refractivity contribution in [2.75, 3.05) is 0 Å². The number of nitrogens with zero attached hydrogens (tertiary/aromatic N) is 4. The van der Waals surface area contributed by atoms with E-state index in [1.807, 2.05) is 0 Å². The first-order valence-corrected chi connectivity index (χ1v) is 5.88. The Morgan fingerprint density at radius 3 is 2.06 bits per heavy atom. The molecule has 2 aromatic rings. The van der Waals surface area contributed by atoms with Gasteiger partial charge < -0.3 is 5.32 Å².